The van der Waals surface area contributed by atoms with Gasteiger partial charge in [-0.3, -0.25) is 4.79 Å². The zero-order valence-electron chi connectivity index (χ0n) is 7.73. The highest BCUT2D eigenvalue weighted by Crippen LogP contribution is 2.52. The predicted octanol–water partition coefficient (Wildman–Crippen LogP) is 1.96. The Kier molecular flexibility index (Phi) is 2.69. The molecule has 0 radical (unpaired) electrons. The fourth-order valence-corrected chi connectivity index (χ4v) is 1.39. The molecule has 0 aliphatic heterocycles. The predicted molar refractivity (Wildman–Crippen MR) is 49.6 cm³/mol. The summed E-state index contributed by atoms with van der Waals surface area (Å²) in [6.07, 6.45) is 2.92. The average Bonchev–Trinajstić information content (AvgIpc) is 2.97. The molecule has 0 aromatic heterocycles. The van der Waals surface area contributed by atoms with Crippen LogP contribution in [0.2, 0.25) is 0 Å². The van der Waals surface area contributed by atoms with Crippen molar-refractivity contribution in [3.8, 4) is 0 Å². The number of amides is 1. The number of aliphatic hydroxyl groups is 2. The lowest BCUT2D eigenvalue weighted by atomic mass is 9.96. The third-order valence-electron chi connectivity index (χ3n) is 2.49. The van der Waals surface area contributed by atoms with Crippen molar-refractivity contribution < 1.29 is 15.0 Å². The summed E-state index contributed by atoms with van der Waals surface area (Å²) in [6.45, 7) is 1.62. The van der Waals surface area contributed by atoms with Gasteiger partial charge in [-0.15, -0.1) is 4.91 Å². The molecule has 1 aliphatic carbocycles. The molecule has 5 heteroatoms. The highest BCUT2D eigenvalue weighted by atomic mass is 16.3. The number of rotatable bonds is 3. The third-order valence-corrected chi connectivity index (χ3v) is 2.49. The second-order valence-electron chi connectivity index (χ2n) is 3.36. The lowest BCUT2D eigenvalue weighted by molar-refractivity contribution is -0.121. The van der Waals surface area contributed by atoms with Gasteiger partial charge < -0.3 is 10.2 Å². The van der Waals surface area contributed by atoms with E-state index in [1.807, 2.05) is 0 Å². The molecule has 76 valence electrons. The summed E-state index contributed by atoms with van der Waals surface area (Å²) >= 11 is 0. The number of nitroso groups, excluding NO2 is 1. The zero-order chi connectivity index (χ0) is 10.8. The molecule has 1 aliphatic rings. The van der Waals surface area contributed by atoms with E-state index in [2.05, 4.69) is 5.18 Å². The van der Waals surface area contributed by atoms with E-state index in [1.54, 1.807) is 6.92 Å². The molecule has 2 N–H and O–H groups in total. The molecule has 5 nitrogen and oxygen atoms in total. The normalized spacial score (nSPS) is 20.4. The zero-order valence-corrected chi connectivity index (χ0v) is 7.73. The molecule has 0 heterocycles. The highest BCUT2D eigenvalue weighted by Gasteiger charge is 2.52. The Morgan fingerprint density at radius 1 is 1.50 bits per heavy atom. The Morgan fingerprint density at radius 2 is 2.07 bits per heavy atom. The topological polar surface area (TPSA) is 87.0 Å². The van der Waals surface area contributed by atoms with Crippen LogP contribution in [-0.4, -0.2) is 16.1 Å². The van der Waals surface area contributed by atoms with Gasteiger partial charge in [0.25, 0.3) is 5.91 Å². The van der Waals surface area contributed by atoms with Gasteiger partial charge in [0, 0.05) is 5.18 Å². The molecule has 0 aromatic carbocycles. The molecule has 14 heavy (non-hydrogen) atoms. The molecule has 1 saturated carbocycles. The molecule has 0 saturated heterocycles. The van der Waals surface area contributed by atoms with Crippen molar-refractivity contribution in [1.29, 1.82) is 0 Å². The van der Waals surface area contributed by atoms with Crippen molar-refractivity contribution in [3.05, 3.63) is 28.6 Å². The Labute approximate surface area is 80.7 Å². The Balaban J connectivity index is 2.89. The number of hydrogen-bond donors (Lipinski definition) is 2. The van der Waals surface area contributed by atoms with Gasteiger partial charge >= 0.3 is 0 Å². The van der Waals surface area contributed by atoms with Crippen molar-refractivity contribution in [3.63, 3.8) is 0 Å². The molecule has 0 bridgehead atoms. The fourth-order valence-electron chi connectivity index (χ4n) is 1.39. The van der Waals surface area contributed by atoms with E-state index in [0.717, 1.165) is 0 Å². The van der Waals surface area contributed by atoms with Gasteiger partial charge in [-0.25, -0.2) is 0 Å². The maximum absolute atomic E-state index is 11.1. The summed E-state index contributed by atoms with van der Waals surface area (Å²) in [5.41, 5.74) is -0.274. The van der Waals surface area contributed by atoms with Crippen molar-refractivity contribution in [2.45, 2.75) is 19.8 Å². The number of allylic oxidation sites excluding steroid dienone is 1. The molecule has 0 unspecified atom stereocenters. The standard InChI is InChI=1S/C9H11NO4/c1-6(4-7(12)5-11)9(2-3-9)8(13)10-14/h4-5,11-12H,2-3H2,1H3/b6-4+,7-5-. The van der Waals surface area contributed by atoms with Gasteiger partial charge in [-0.2, -0.15) is 0 Å². The quantitative estimate of drug-likeness (QED) is 0.411. The van der Waals surface area contributed by atoms with E-state index in [9.17, 15) is 9.70 Å². The van der Waals surface area contributed by atoms with E-state index in [4.69, 9.17) is 10.2 Å². The minimum Gasteiger partial charge on any atom is -0.512 e. The van der Waals surface area contributed by atoms with Crippen LogP contribution in [0.1, 0.15) is 19.8 Å². The van der Waals surface area contributed by atoms with E-state index in [-0.39, 0.29) is 5.76 Å². The molecule has 1 fully saturated rings. The van der Waals surface area contributed by atoms with Gasteiger partial charge in [-0.05, 0) is 25.8 Å². The van der Waals surface area contributed by atoms with Crippen molar-refractivity contribution in [2.75, 3.05) is 0 Å². The highest BCUT2D eigenvalue weighted by molar-refractivity contribution is 5.89. The minimum atomic E-state index is -0.821. The monoisotopic (exact) mass is 197 g/mol. The molecule has 0 atom stereocenters. The lowest BCUT2D eigenvalue weighted by Crippen LogP contribution is -2.14. The summed E-state index contributed by atoms with van der Waals surface area (Å²) in [5.74, 6) is -1.05. The van der Waals surface area contributed by atoms with Crippen LogP contribution in [0.25, 0.3) is 0 Å². The largest absolute Gasteiger partial charge is 0.512 e. The van der Waals surface area contributed by atoms with Gasteiger partial charge in [0.15, 0.2) is 0 Å². The Hall–Kier alpha value is -1.65. The van der Waals surface area contributed by atoms with Crippen LogP contribution < -0.4 is 0 Å². The summed E-state index contributed by atoms with van der Waals surface area (Å²) in [7, 11) is 0. The van der Waals surface area contributed by atoms with Gasteiger partial charge in [0.1, 0.15) is 12.0 Å². The van der Waals surface area contributed by atoms with Crippen LogP contribution >= 0.6 is 0 Å². The summed E-state index contributed by atoms with van der Waals surface area (Å²) < 4.78 is 0. The summed E-state index contributed by atoms with van der Waals surface area (Å²) in [5, 5.41) is 19.8. The first-order valence-corrected chi connectivity index (χ1v) is 4.17. The summed E-state index contributed by atoms with van der Waals surface area (Å²) in [6, 6.07) is 0. The number of carbonyl (C=O) groups is 1. The first-order valence-electron chi connectivity index (χ1n) is 4.17. The van der Waals surface area contributed by atoms with Crippen LogP contribution in [0.4, 0.5) is 0 Å². The molecule has 1 amide bonds. The first kappa shape index (κ1) is 10.4. The van der Waals surface area contributed by atoms with E-state index in [0.29, 0.717) is 24.7 Å². The Morgan fingerprint density at radius 3 is 2.43 bits per heavy atom. The molecular weight excluding hydrogens is 186 g/mol. The molecular formula is C9H11NO4. The van der Waals surface area contributed by atoms with E-state index >= 15 is 0 Å². The van der Waals surface area contributed by atoms with Crippen molar-refractivity contribution in [2.24, 2.45) is 10.6 Å². The molecule has 0 aromatic rings. The maximum atomic E-state index is 11.1. The fraction of sp³-hybridized carbons (Fsp3) is 0.444. The smallest absolute Gasteiger partial charge is 0.296 e. The number of hydrogen-bond acceptors (Lipinski definition) is 4. The molecule has 1 rings (SSSR count). The van der Waals surface area contributed by atoms with Crippen molar-refractivity contribution >= 4 is 5.91 Å². The number of nitrogens with zero attached hydrogens (tertiary/aromatic N) is 1. The van der Waals surface area contributed by atoms with Crippen LogP contribution in [0, 0.1) is 10.3 Å². The third kappa shape index (κ3) is 1.66. The molecule has 0 spiro atoms. The first-order chi connectivity index (χ1) is 6.56. The minimum absolute atomic E-state index is 0.340. The van der Waals surface area contributed by atoms with Crippen LogP contribution in [-0.2, 0) is 4.79 Å². The van der Waals surface area contributed by atoms with E-state index in [1.165, 1.54) is 6.08 Å². The second-order valence-corrected chi connectivity index (χ2v) is 3.36. The number of carbonyl (C=O) groups excluding carboxylic acids is 1. The van der Waals surface area contributed by atoms with Crippen LogP contribution in [0.15, 0.2) is 28.8 Å². The van der Waals surface area contributed by atoms with Crippen LogP contribution in [0.3, 0.4) is 0 Å². The number of aliphatic hydroxyl groups excluding tert-OH is 2. The Bertz CT molecular complexity index is 326. The van der Waals surface area contributed by atoms with Gasteiger partial charge in [0.05, 0.1) is 5.41 Å². The lowest BCUT2D eigenvalue weighted by Gasteiger charge is -2.08. The van der Waals surface area contributed by atoms with Gasteiger partial charge in [0.2, 0.25) is 0 Å². The van der Waals surface area contributed by atoms with Crippen molar-refractivity contribution in [1.82, 2.24) is 0 Å². The summed E-state index contributed by atoms with van der Waals surface area (Å²) in [4.78, 5) is 21.2. The maximum Gasteiger partial charge on any atom is 0.296 e. The second kappa shape index (κ2) is 3.61. The SMILES string of the molecule is C/C(=C\C(O)=C\O)C1(C(=O)N=O)CC1. The van der Waals surface area contributed by atoms with Gasteiger partial charge in [-0.1, -0.05) is 5.57 Å². The average molecular weight is 197 g/mol. The van der Waals surface area contributed by atoms with Crippen LogP contribution in [0.5, 0.6) is 0 Å². The van der Waals surface area contributed by atoms with E-state index < -0.39 is 11.3 Å².